The standard InChI is InChI=1S/C12H20N4O2/c1-16(9-3-4-9)5-6-18-12-7-10(13)14-11(15-12)8-17-2/h7,9H,3-6,8H2,1-2H3,(H2,13,14,15). The van der Waals surface area contributed by atoms with Crippen molar-refractivity contribution in [2.45, 2.75) is 25.5 Å². The van der Waals surface area contributed by atoms with Crippen LogP contribution in [0.2, 0.25) is 0 Å². The van der Waals surface area contributed by atoms with Crippen molar-refractivity contribution in [3.05, 3.63) is 11.9 Å². The third-order valence-electron chi connectivity index (χ3n) is 2.91. The second-order valence-corrected chi connectivity index (χ2v) is 4.54. The summed E-state index contributed by atoms with van der Waals surface area (Å²) in [6.45, 7) is 1.84. The number of hydrogen-bond donors (Lipinski definition) is 1. The highest BCUT2D eigenvalue weighted by atomic mass is 16.5. The van der Waals surface area contributed by atoms with Crippen LogP contribution in [0.1, 0.15) is 18.7 Å². The third kappa shape index (κ3) is 3.82. The molecule has 1 saturated carbocycles. The lowest BCUT2D eigenvalue weighted by Gasteiger charge is -2.15. The molecule has 0 bridgehead atoms. The summed E-state index contributed by atoms with van der Waals surface area (Å²) in [5.41, 5.74) is 5.68. The van der Waals surface area contributed by atoms with Gasteiger partial charge in [0, 0.05) is 25.8 Å². The topological polar surface area (TPSA) is 73.5 Å². The molecule has 1 aromatic heterocycles. The lowest BCUT2D eigenvalue weighted by atomic mass is 10.5. The van der Waals surface area contributed by atoms with Gasteiger partial charge in [0.05, 0.1) is 0 Å². The Labute approximate surface area is 107 Å². The van der Waals surface area contributed by atoms with Crippen LogP contribution in [-0.2, 0) is 11.3 Å². The smallest absolute Gasteiger partial charge is 0.218 e. The van der Waals surface area contributed by atoms with Crippen molar-refractivity contribution in [3.8, 4) is 5.88 Å². The van der Waals surface area contributed by atoms with Gasteiger partial charge in [0.25, 0.3) is 0 Å². The third-order valence-corrected chi connectivity index (χ3v) is 2.91. The molecule has 0 spiro atoms. The Morgan fingerprint density at radius 3 is 2.89 bits per heavy atom. The summed E-state index contributed by atoms with van der Waals surface area (Å²) in [7, 11) is 3.71. The molecule has 6 heteroatoms. The fourth-order valence-electron chi connectivity index (χ4n) is 1.75. The maximum atomic E-state index is 5.68. The second-order valence-electron chi connectivity index (χ2n) is 4.54. The van der Waals surface area contributed by atoms with Gasteiger partial charge in [-0.3, -0.25) is 0 Å². The van der Waals surface area contributed by atoms with E-state index in [0.29, 0.717) is 30.7 Å². The number of likely N-dealkylation sites (N-methyl/N-ethyl adjacent to an activating group) is 1. The minimum atomic E-state index is 0.337. The van der Waals surface area contributed by atoms with E-state index >= 15 is 0 Å². The molecule has 0 aromatic carbocycles. The first kappa shape index (κ1) is 13.0. The predicted molar refractivity (Wildman–Crippen MR) is 68.3 cm³/mol. The van der Waals surface area contributed by atoms with Crippen molar-refractivity contribution in [3.63, 3.8) is 0 Å². The quantitative estimate of drug-likeness (QED) is 0.769. The highest BCUT2D eigenvalue weighted by molar-refractivity contribution is 5.32. The molecule has 18 heavy (non-hydrogen) atoms. The van der Waals surface area contributed by atoms with Gasteiger partial charge in [-0.15, -0.1) is 0 Å². The van der Waals surface area contributed by atoms with Gasteiger partial charge >= 0.3 is 0 Å². The van der Waals surface area contributed by atoms with E-state index in [1.165, 1.54) is 12.8 Å². The molecule has 2 rings (SSSR count). The number of nitrogens with two attached hydrogens (primary N) is 1. The fraction of sp³-hybridized carbons (Fsp3) is 0.667. The van der Waals surface area contributed by atoms with Crippen LogP contribution < -0.4 is 10.5 Å². The molecule has 1 aliphatic rings. The first-order chi connectivity index (χ1) is 8.69. The second kappa shape index (κ2) is 5.97. The van der Waals surface area contributed by atoms with Crippen LogP contribution in [0.3, 0.4) is 0 Å². The predicted octanol–water partition coefficient (Wildman–Crippen LogP) is 0.678. The van der Waals surface area contributed by atoms with Crippen LogP contribution in [0.25, 0.3) is 0 Å². The number of anilines is 1. The molecule has 100 valence electrons. The Morgan fingerprint density at radius 2 is 2.22 bits per heavy atom. The molecule has 6 nitrogen and oxygen atoms in total. The Hall–Kier alpha value is -1.40. The van der Waals surface area contributed by atoms with Gasteiger partial charge in [0.1, 0.15) is 19.0 Å². The van der Waals surface area contributed by atoms with E-state index in [1.807, 2.05) is 0 Å². The Bertz CT molecular complexity index is 396. The lowest BCUT2D eigenvalue weighted by molar-refractivity contribution is 0.175. The van der Waals surface area contributed by atoms with Gasteiger partial charge in [-0.2, -0.15) is 4.98 Å². The number of ether oxygens (including phenoxy) is 2. The highest BCUT2D eigenvalue weighted by Crippen LogP contribution is 2.24. The molecule has 1 aromatic rings. The van der Waals surface area contributed by atoms with Gasteiger partial charge in [-0.05, 0) is 19.9 Å². The summed E-state index contributed by atoms with van der Waals surface area (Å²) in [4.78, 5) is 10.6. The number of aromatic nitrogens is 2. The van der Waals surface area contributed by atoms with E-state index in [0.717, 1.165) is 12.6 Å². The maximum Gasteiger partial charge on any atom is 0.218 e. The molecule has 1 aliphatic carbocycles. The summed E-state index contributed by atoms with van der Waals surface area (Å²) in [5, 5.41) is 0. The number of methoxy groups -OCH3 is 1. The molecule has 2 N–H and O–H groups in total. The summed E-state index contributed by atoms with van der Waals surface area (Å²) in [5.74, 6) is 1.46. The van der Waals surface area contributed by atoms with Gasteiger partial charge in [-0.1, -0.05) is 0 Å². The first-order valence-electron chi connectivity index (χ1n) is 6.14. The highest BCUT2D eigenvalue weighted by Gasteiger charge is 2.25. The zero-order valence-corrected chi connectivity index (χ0v) is 10.9. The van der Waals surface area contributed by atoms with E-state index < -0.39 is 0 Å². The zero-order valence-electron chi connectivity index (χ0n) is 10.9. The van der Waals surface area contributed by atoms with Crippen LogP contribution >= 0.6 is 0 Å². The molecule has 0 aliphatic heterocycles. The summed E-state index contributed by atoms with van der Waals surface area (Å²) in [6, 6.07) is 2.38. The van der Waals surface area contributed by atoms with E-state index in [4.69, 9.17) is 15.2 Å². The molecule has 1 heterocycles. The van der Waals surface area contributed by atoms with Gasteiger partial charge in [0.2, 0.25) is 5.88 Å². The number of rotatable bonds is 7. The minimum absolute atomic E-state index is 0.337. The molecule has 0 amide bonds. The Morgan fingerprint density at radius 1 is 1.44 bits per heavy atom. The Kier molecular flexibility index (Phi) is 4.33. The van der Waals surface area contributed by atoms with E-state index in [2.05, 4.69) is 21.9 Å². The van der Waals surface area contributed by atoms with Crippen LogP contribution in [0.5, 0.6) is 5.88 Å². The molecular formula is C12H20N4O2. The first-order valence-corrected chi connectivity index (χ1v) is 6.14. The van der Waals surface area contributed by atoms with E-state index in [9.17, 15) is 0 Å². The number of hydrogen-bond acceptors (Lipinski definition) is 6. The summed E-state index contributed by atoms with van der Waals surface area (Å²) < 4.78 is 10.6. The molecule has 1 fully saturated rings. The molecule has 0 saturated heterocycles. The number of nitrogen functional groups attached to an aromatic ring is 1. The molecular weight excluding hydrogens is 232 g/mol. The summed E-state index contributed by atoms with van der Waals surface area (Å²) in [6.07, 6.45) is 2.60. The fourth-order valence-corrected chi connectivity index (χ4v) is 1.75. The van der Waals surface area contributed by atoms with Crippen molar-refractivity contribution in [1.29, 1.82) is 0 Å². The van der Waals surface area contributed by atoms with Gasteiger partial charge in [-0.25, -0.2) is 4.98 Å². The minimum Gasteiger partial charge on any atom is -0.476 e. The van der Waals surface area contributed by atoms with Gasteiger partial charge < -0.3 is 20.1 Å². The average Bonchev–Trinajstić information content (AvgIpc) is 3.12. The van der Waals surface area contributed by atoms with Crippen molar-refractivity contribution in [2.75, 3.05) is 33.0 Å². The number of nitrogens with zero attached hydrogens (tertiary/aromatic N) is 3. The van der Waals surface area contributed by atoms with Crippen molar-refractivity contribution in [2.24, 2.45) is 0 Å². The van der Waals surface area contributed by atoms with Crippen LogP contribution in [0.4, 0.5) is 5.82 Å². The molecule has 0 atom stereocenters. The largest absolute Gasteiger partial charge is 0.476 e. The molecule has 0 unspecified atom stereocenters. The van der Waals surface area contributed by atoms with E-state index in [-0.39, 0.29) is 0 Å². The zero-order chi connectivity index (χ0) is 13.0. The average molecular weight is 252 g/mol. The van der Waals surface area contributed by atoms with Crippen molar-refractivity contribution in [1.82, 2.24) is 14.9 Å². The van der Waals surface area contributed by atoms with Crippen LogP contribution in [-0.4, -0.2) is 48.2 Å². The lowest BCUT2D eigenvalue weighted by Crippen LogP contribution is -2.26. The normalized spacial score (nSPS) is 15.1. The summed E-state index contributed by atoms with van der Waals surface area (Å²) >= 11 is 0. The maximum absolute atomic E-state index is 5.68. The molecule has 0 radical (unpaired) electrons. The monoisotopic (exact) mass is 252 g/mol. The van der Waals surface area contributed by atoms with Crippen molar-refractivity contribution >= 4 is 5.82 Å². The van der Waals surface area contributed by atoms with E-state index in [1.54, 1.807) is 13.2 Å². The van der Waals surface area contributed by atoms with Crippen LogP contribution in [0, 0.1) is 0 Å². The Balaban J connectivity index is 1.83. The van der Waals surface area contributed by atoms with Crippen molar-refractivity contribution < 1.29 is 9.47 Å². The SMILES string of the molecule is COCc1nc(N)cc(OCCN(C)C2CC2)n1. The van der Waals surface area contributed by atoms with Gasteiger partial charge in [0.15, 0.2) is 5.82 Å². The van der Waals surface area contributed by atoms with Crippen LogP contribution in [0.15, 0.2) is 6.07 Å².